The highest BCUT2D eigenvalue weighted by Gasteiger charge is 2.23. The number of Topliss-reactive ketones (excluding diaryl/α,β-unsaturated/α-hetero) is 1. The number of rotatable bonds is 6. The summed E-state index contributed by atoms with van der Waals surface area (Å²) in [5.74, 6) is -0.419. The molecule has 0 aromatic heterocycles. The minimum absolute atomic E-state index is 0.114. The first kappa shape index (κ1) is 18.9. The second kappa shape index (κ2) is 8.13. The molecule has 3 nitrogen and oxygen atoms in total. The molecule has 128 valence electrons. The van der Waals surface area contributed by atoms with Gasteiger partial charge in [0.05, 0.1) is 0 Å². The Bertz CT molecular complexity index is 685. The molecule has 0 bridgehead atoms. The van der Waals surface area contributed by atoms with Crippen LogP contribution in [0.15, 0.2) is 36.4 Å². The van der Waals surface area contributed by atoms with E-state index in [-0.39, 0.29) is 17.6 Å². The van der Waals surface area contributed by atoms with Gasteiger partial charge in [-0.2, -0.15) is 0 Å². The second-order valence-corrected chi connectivity index (χ2v) is 6.77. The Hall–Kier alpha value is -1.39. The lowest BCUT2D eigenvalue weighted by molar-refractivity contribution is -0.121. The molecule has 0 aliphatic heterocycles. The van der Waals surface area contributed by atoms with Crippen molar-refractivity contribution < 1.29 is 4.79 Å². The third-order valence-electron chi connectivity index (χ3n) is 4.45. The van der Waals surface area contributed by atoms with Crippen LogP contribution in [0, 0.1) is 0 Å². The van der Waals surface area contributed by atoms with Crippen LogP contribution in [0.25, 0.3) is 0 Å². The lowest BCUT2D eigenvalue weighted by Crippen LogP contribution is -2.17. The molecule has 0 amide bonds. The topological polar surface area (TPSA) is 69.1 Å². The van der Waals surface area contributed by atoms with Gasteiger partial charge in [-0.1, -0.05) is 61.3 Å². The van der Waals surface area contributed by atoms with Crippen LogP contribution in [0.2, 0.25) is 10.0 Å². The maximum Gasteiger partial charge on any atom is 0.147 e. The summed E-state index contributed by atoms with van der Waals surface area (Å²) >= 11 is 12.4. The van der Waals surface area contributed by atoms with Crippen LogP contribution in [0.3, 0.4) is 0 Å². The van der Waals surface area contributed by atoms with Crippen molar-refractivity contribution in [2.45, 2.75) is 38.8 Å². The molecule has 24 heavy (non-hydrogen) atoms. The van der Waals surface area contributed by atoms with Crippen LogP contribution in [0.1, 0.15) is 47.9 Å². The van der Waals surface area contributed by atoms with Gasteiger partial charge in [0.15, 0.2) is 0 Å². The summed E-state index contributed by atoms with van der Waals surface area (Å²) in [7, 11) is 0. The Morgan fingerprint density at radius 3 is 1.54 bits per heavy atom. The standard InChI is InChI=1S/C19H22Cl2N2O/c1-11(13-3-5-15(9-22)17(20)7-13)19(24)12(2)14-4-6-16(10-23)18(21)8-14/h3-8,11-12H,9-10,22-23H2,1-2H3. The molecule has 0 radical (unpaired) electrons. The Morgan fingerprint density at radius 2 is 1.25 bits per heavy atom. The van der Waals surface area contributed by atoms with Crippen molar-refractivity contribution >= 4 is 29.0 Å². The van der Waals surface area contributed by atoms with Crippen molar-refractivity contribution in [1.82, 2.24) is 0 Å². The highest BCUT2D eigenvalue weighted by atomic mass is 35.5. The highest BCUT2D eigenvalue weighted by molar-refractivity contribution is 6.31. The summed E-state index contributed by atoms with van der Waals surface area (Å²) in [5.41, 5.74) is 14.8. The molecule has 2 unspecified atom stereocenters. The number of nitrogens with two attached hydrogens (primary N) is 2. The van der Waals surface area contributed by atoms with E-state index in [9.17, 15) is 4.79 Å². The van der Waals surface area contributed by atoms with E-state index in [1.807, 2.05) is 50.2 Å². The monoisotopic (exact) mass is 364 g/mol. The molecule has 2 rings (SSSR count). The summed E-state index contributed by atoms with van der Waals surface area (Å²) in [5, 5.41) is 1.19. The van der Waals surface area contributed by atoms with E-state index in [1.165, 1.54) is 0 Å². The molecular formula is C19H22Cl2N2O. The maximum atomic E-state index is 12.8. The van der Waals surface area contributed by atoms with E-state index >= 15 is 0 Å². The maximum absolute atomic E-state index is 12.8. The van der Waals surface area contributed by atoms with Gasteiger partial charge in [-0.15, -0.1) is 0 Å². The molecule has 2 atom stereocenters. The molecule has 0 heterocycles. The molecule has 2 aromatic rings. The molecule has 0 spiro atoms. The average molecular weight is 365 g/mol. The van der Waals surface area contributed by atoms with Crippen LogP contribution in [0.4, 0.5) is 0 Å². The van der Waals surface area contributed by atoms with Crippen LogP contribution >= 0.6 is 23.2 Å². The fraction of sp³-hybridized carbons (Fsp3) is 0.316. The summed E-state index contributed by atoms with van der Waals surface area (Å²) < 4.78 is 0. The van der Waals surface area contributed by atoms with Gasteiger partial charge in [-0.25, -0.2) is 0 Å². The molecule has 0 saturated carbocycles. The predicted molar refractivity (Wildman–Crippen MR) is 101 cm³/mol. The summed E-state index contributed by atoms with van der Waals surface area (Å²) in [4.78, 5) is 12.8. The third kappa shape index (κ3) is 3.98. The number of ketones is 1. The van der Waals surface area contributed by atoms with Crippen LogP contribution in [0.5, 0.6) is 0 Å². The smallest absolute Gasteiger partial charge is 0.147 e. The lowest BCUT2D eigenvalue weighted by Gasteiger charge is -2.18. The Balaban J connectivity index is 2.23. The van der Waals surface area contributed by atoms with Crippen molar-refractivity contribution in [1.29, 1.82) is 0 Å². The van der Waals surface area contributed by atoms with E-state index in [0.29, 0.717) is 23.1 Å². The Labute approximate surface area is 152 Å². The summed E-state index contributed by atoms with van der Waals surface area (Å²) in [6, 6.07) is 11.2. The number of benzene rings is 2. The molecule has 0 saturated heterocycles. The van der Waals surface area contributed by atoms with Gasteiger partial charge >= 0.3 is 0 Å². The van der Waals surface area contributed by atoms with E-state index in [2.05, 4.69) is 0 Å². The Kier molecular flexibility index (Phi) is 6.41. The molecular weight excluding hydrogens is 343 g/mol. The number of carbonyl (C=O) groups excluding carboxylic acids is 1. The first-order chi connectivity index (χ1) is 11.4. The molecule has 2 aromatic carbocycles. The summed E-state index contributed by atoms with van der Waals surface area (Å²) in [6.45, 7) is 4.54. The van der Waals surface area contributed by atoms with E-state index in [0.717, 1.165) is 22.3 Å². The van der Waals surface area contributed by atoms with Crippen LogP contribution < -0.4 is 11.5 Å². The van der Waals surface area contributed by atoms with Crippen LogP contribution in [-0.4, -0.2) is 5.78 Å². The van der Waals surface area contributed by atoms with Gasteiger partial charge in [0, 0.05) is 35.0 Å². The van der Waals surface area contributed by atoms with Gasteiger partial charge < -0.3 is 11.5 Å². The number of halogens is 2. The van der Waals surface area contributed by atoms with Gasteiger partial charge in [-0.3, -0.25) is 4.79 Å². The zero-order valence-electron chi connectivity index (χ0n) is 13.9. The number of carbonyl (C=O) groups is 1. The second-order valence-electron chi connectivity index (χ2n) is 5.96. The van der Waals surface area contributed by atoms with Gasteiger partial charge in [0.1, 0.15) is 5.78 Å². The molecule has 0 aliphatic carbocycles. The van der Waals surface area contributed by atoms with Crippen molar-refractivity contribution in [2.24, 2.45) is 11.5 Å². The third-order valence-corrected chi connectivity index (χ3v) is 5.15. The summed E-state index contributed by atoms with van der Waals surface area (Å²) in [6.07, 6.45) is 0. The van der Waals surface area contributed by atoms with Crippen molar-refractivity contribution in [2.75, 3.05) is 0 Å². The molecule has 4 N–H and O–H groups in total. The molecule has 5 heteroatoms. The first-order valence-corrected chi connectivity index (χ1v) is 8.65. The number of hydrogen-bond donors (Lipinski definition) is 2. The molecule has 0 fully saturated rings. The largest absolute Gasteiger partial charge is 0.326 e. The van der Waals surface area contributed by atoms with E-state index in [4.69, 9.17) is 34.7 Å². The minimum Gasteiger partial charge on any atom is -0.326 e. The quantitative estimate of drug-likeness (QED) is 0.798. The van der Waals surface area contributed by atoms with Gasteiger partial charge in [0.25, 0.3) is 0 Å². The first-order valence-electron chi connectivity index (χ1n) is 7.89. The fourth-order valence-corrected chi connectivity index (χ4v) is 3.23. The van der Waals surface area contributed by atoms with Crippen molar-refractivity contribution in [3.63, 3.8) is 0 Å². The fourth-order valence-electron chi connectivity index (χ4n) is 2.70. The van der Waals surface area contributed by atoms with Gasteiger partial charge in [-0.05, 0) is 34.4 Å². The van der Waals surface area contributed by atoms with Crippen molar-refractivity contribution in [3.8, 4) is 0 Å². The number of hydrogen-bond acceptors (Lipinski definition) is 3. The zero-order valence-corrected chi connectivity index (χ0v) is 15.4. The SMILES string of the molecule is CC(C(=O)C(C)c1ccc(CN)c(Cl)c1)c1ccc(CN)c(Cl)c1. The molecule has 0 aliphatic rings. The van der Waals surface area contributed by atoms with Crippen molar-refractivity contribution in [3.05, 3.63) is 68.7 Å². The van der Waals surface area contributed by atoms with Crippen LogP contribution in [-0.2, 0) is 17.9 Å². The van der Waals surface area contributed by atoms with E-state index in [1.54, 1.807) is 0 Å². The lowest BCUT2D eigenvalue weighted by atomic mass is 9.85. The minimum atomic E-state index is -0.266. The zero-order chi connectivity index (χ0) is 17.9. The highest BCUT2D eigenvalue weighted by Crippen LogP contribution is 2.30. The predicted octanol–water partition coefficient (Wildman–Crippen LogP) is 4.39. The normalized spacial score (nSPS) is 13.6. The Morgan fingerprint density at radius 1 is 0.875 bits per heavy atom. The average Bonchev–Trinajstić information content (AvgIpc) is 2.59. The van der Waals surface area contributed by atoms with Gasteiger partial charge in [0.2, 0.25) is 0 Å². The van der Waals surface area contributed by atoms with E-state index < -0.39 is 0 Å².